The fourth-order valence-electron chi connectivity index (χ4n) is 3.23. The van der Waals surface area contributed by atoms with Gasteiger partial charge in [0.05, 0.1) is 4.92 Å². The Morgan fingerprint density at radius 1 is 1.33 bits per heavy atom. The van der Waals surface area contributed by atoms with Gasteiger partial charge in [-0.2, -0.15) is 5.10 Å². The number of hydrogen-bond donors (Lipinski definition) is 0. The molecule has 2 heterocycles. The van der Waals surface area contributed by atoms with E-state index < -0.39 is 4.92 Å². The Balaban J connectivity index is 2.20. The number of amides is 1. The number of likely N-dealkylation sites (tertiary alicyclic amines) is 1. The summed E-state index contributed by atoms with van der Waals surface area (Å²) in [6.45, 7) is 7.40. The Bertz CT molecular complexity index is 557. The predicted molar refractivity (Wildman–Crippen MR) is 78.0 cm³/mol. The second-order valence-corrected chi connectivity index (χ2v) is 5.86. The Hall–Kier alpha value is -1.92. The molecule has 1 aliphatic heterocycles. The summed E-state index contributed by atoms with van der Waals surface area (Å²) in [5.41, 5.74) is 0.788. The Morgan fingerprint density at radius 3 is 2.38 bits per heavy atom. The second kappa shape index (κ2) is 5.83. The largest absolute Gasteiger partial charge is 0.336 e. The van der Waals surface area contributed by atoms with Crippen molar-refractivity contribution in [1.82, 2.24) is 14.7 Å². The molecule has 0 saturated carbocycles. The maximum atomic E-state index is 12.5. The van der Waals surface area contributed by atoms with E-state index in [0.29, 0.717) is 11.4 Å². The van der Waals surface area contributed by atoms with Crippen LogP contribution in [0, 0.1) is 24.0 Å². The minimum absolute atomic E-state index is 0.00235. The SMILES string of the molecule is Cc1nn(CC(=O)N2[C@H](C)CCC[C@@H]2C)c(C)c1[N+](=O)[O-]. The van der Waals surface area contributed by atoms with Crippen LogP contribution in [0.1, 0.15) is 44.5 Å². The van der Waals surface area contributed by atoms with Crippen LogP contribution in [0.4, 0.5) is 5.69 Å². The smallest absolute Gasteiger partial charge is 0.312 e. The van der Waals surface area contributed by atoms with Gasteiger partial charge in [-0.25, -0.2) is 0 Å². The number of hydrogen-bond acceptors (Lipinski definition) is 4. The van der Waals surface area contributed by atoms with Gasteiger partial charge in [0.2, 0.25) is 5.91 Å². The van der Waals surface area contributed by atoms with Crippen molar-refractivity contribution in [2.45, 2.75) is 65.6 Å². The molecule has 2 atom stereocenters. The monoisotopic (exact) mass is 294 g/mol. The predicted octanol–water partition coefficient (Wildman–Crippen LogP) is 2.20. The van der Waals surface area contributed by atoms with E-state index in [4.69, 9.17) is 0 Å². The van der Waals surface area contributed by atoms with E-state index in [0.717, 1.165) is 19.3 Å². The molecule has 1 aromatic heterocycles. The van der Waals surface area contributed by atoms with Crippen LogP contribution in [0.5, 0.6) is 0 Å². The van der Waals surface area contributed by atoms with E-state index in [2.05, 4.69) is 18.9 Å². The quantitative estimate of drug-likeness (QED) is 0.632. The first-order chi connectivity index (χ1) is 9.82. The normalized spacial score (nSPS) is 22.4. The standard InChI is InChI=1S/C14H22N4O3/c1-9-6-5-7-10(2)17(9)13(19)8-16-12(4)14(18(20)21)11(3)15-16/h9-10H,5-8H2,1-4H3/t9-,10+. The average Bonchev–Trinajstić information content (AvgIpc) is 2.63. The van der Waals surface area contributed by atoms with Gasteiger partial charge in [0.15, 0.2) is 0 Å². The molecule has 7 heteroatoms. The van der Waals surface area contributed by atoms with Gasteiger partial charge in [0, 0.05) is 12.1 Å². The van der Waals surface area contributed by atoms with Crippen LogP contribution in [0.3, 0.4) is 0 Å². The van der Waals surface area contributed by atoms with Crippen molar-refractivity contribution in [3.05, 3.63) is 21.5 Å². The number of piperidine rings is 1. The Morgan fingerprint density at radius 2 is 1.90 bits per heavy atom. The zero-order chi connectivity index (χ0) is 15.7. The average molecular weight is 294 g/mol. The van der Waals surface area contributed by atoms with Crippen LogP contribution >= 0.6 is 0 Å². The lowest BCUT2D eigenvalue weighted by Gasteiger charge is -2.39. The molecule has 7 nitrogen and oxygen atoms in total. The highest BCUT2D eigenvalue weighted by atomic mass is 16.6. The number of nitro groups is 1. The van der Waals surface area contributed by atoms with E-state index in [1.807, 2.05) is 4.90 Å². The maximum Gasteiger partial charge on any atom is 0.312 e. The lowest BCUT2D eigenvalue weighted by atomic mass is 9.97. The molecule has 0 spiro atoms. The first-order valence-corrected chi connectivity index (χ1v) is 7.32. The van der Waals surface area contributed by atoms with Crippen molar-refractivity contribution in [3.8, 4) is 0 Å². The molecule has 1 saturated heterocycles. The molecule has 2 rings (SSSR count). The summed E-state index contributed by atoms with van der Waals surface area (Å²) >= 11 is 0. The molecule has 21 heavy (non-hydrogen) atoms. The number of nitrogens with zero attached hydrogens (tertiary/aromatic N) is 4. The van der Waals surface area contributed by atoms with E-state index in [1.54, 1.807) is 13.8 Å². The molecule has 0 aromatic carbocycles. The van der Waals surface area contributed by atoms with Crippen LogP contribution < -0.4 is 0 Å². The van der Waals surface area contributed by atoms with E-state index in [1.165, 1.54) is 4.68 Å². The van der Waals surface area contributed by atoms with Gasteiger partial charge >= 0.3 is 5.69 Å². The fraction of sp³-hybridized carbons (Fsp3) is 0.714. The van der Waals surface area contributed by atoms with Gasteiger partial charge in [-0.15, -0.1) is 0 Å². The zero-order valence-corrected chi connectivity index (χ0v) is 13.0. The van der Waals surface area contributed by atoms with Gasteiger partial charge in [0.25, 0.3) is 0 Å². The lowest BCUT2D eigenvalue weighted by molar-refractivity contribution is -0.386. The van der Waals surface area contributed by atoms with Gasteiger partial charge in [-0.1, -0.05) is 0 Å². The summed E-state index contributed by atoms with van der Waals surface area (Å²) in [4.78, 5) is 25.0. The zero-order valence-electron chi connectivity index (χ0n) is 13.0. The van der Waals surface area contributed by atoms with Crippen molar-refractivity contribution < 1.29 is 9.72 Å². The number of rotatable bonds is 3. The molecule has 1 amide bonds. The van der Waals surface area contributed by atoms with E-state index in [9.17, 15) is 14.9 Å². The van der Waals surface area contributed by atoms with Gasteiger partial charge < -0.3 is 4.90 Å². The van der Waals surface area contributed by atoms with Gasteiger partial charge in [0.1, 0.15) is 17.9 Å². The van der Waals surface area contributed by atoms with Crippen LogP contribution in [0.25, 0.3) is 0 Å². The third-order valence-electron chi connectivity index (χ3n) is 4.29. The van der Waals surface area contributed by atoms with E-state index in [-0.39, 0.29) is 30.2 Å². The molecule has 0 bridgehead atoms. The molecular formula is C14H22N4O3. The summed E-state index contributed by atoms with van der Waals surface area (Å²) in [5, 5.41) is 15.1. The molecule has 0 aliphatic carbocycles. The van der Waals surface area contributed by atoms with Crippen molar-refractivity contribution in [2.75, 3.05) is 0 Å². The summed E-state index contributed by atoms with van der Waals surface area (Å²) in [6.07, 6.45) is 3.15. The highest BCUT2D eigenvalue weighted by Gasteiger charge is 2.30. The highest BCUT2D eigenvalue weighted by Crippen LogP contribution is 2.25. The summed E-state index contributed by atoms with van der Waals surface area (Å²) < 4.78 is 1.45. The second-order valence-electron chi connectivity index (χ2n) is 5.86. The third-order valence-corrected chi connectivity index (χ3v) is 4.29. The number of aryl methyl sites for hydroxylation is 1. The maximum absolute atomic E-state index is 12.5. The third kappa shape index (κ3) is 2.91. The summed E-state index contributed by atoms with van der Waals surface area (Å²) in [7, 11) is 0. The number of aromatic nitrogens is 2. The first kappa shape index (κ1) is 15.5. The lowest BCUT2D eigenvalue weighted by Crippen LogP contribution is -2.48. The van der Waals surface area contributed by atoms with Crippen molar-refractivity contribution >= 4 is 11.6 Å². The minimum atomic E-state index is -0.440. The molecule has 1 aliphatic rings. The van der Waals surface area contributed by atoms with Crippen LogP contribution in [-0.2, 0) is 11.3 Å². The highest BCUT2D eigenvalue weighted by molar-refractivity contribution is 5.77. The molecule has 1 aromatic rings. The summed E-state index contributed by atoms with van der Waals surface area (Å²) in [6, 6.07) is 0.432. The summed E-state index contributed by atoms with van der Waals surface area (Å²) in [5.74, 6) is -0.0183. The molecule has 0 unspecified atom stereocenters. The van der Waals surface area contributed by atoms with Crippen LogP contribution in [0.2, 0.25) is 0 Å². The Kier molecular flexibility index (Phi) is 4.29. The molecule has 0 radical (unpaired) electrons. The Labute approximate surface area is 124 Å². The topological polar surface area (TPSA) is 81.3 Å². The number of carbonyl (C=O) groups is 1. The number of carbonyl (C=O) groups excluding carboxylic acids is 1. The molecule has 0 N–H and O–H groups in total. The van der Waals surface area contributed by atoms with Gasteiger partial charge in [-0.3, -0.25) is 19.6 Å². The molecule has 116 valence electrons. The van der Waals surface area contributed by atoms with Crippen LogP contribution in [-0.4, -0.2) is 37.6 Å². The van der Waals surface area contributed by atoms with Gasteiger partial charge in [-0.05, 0) is 47.0 Å². The minimum Gasteiger partial charge on any atom is -0.336 e. The molecule has 1 fully saturated rings. The first-order valence-electron chi connectivity index (χ1n) is 7.32. The van der Waals surface area contributed by atoms with Crippen molar-refractivity contribution in [3.63, 3.8) is 0 Å². The van der Waals surface area contributed by atoms with Crippen LogP contribution in [0.15, 0.2) is 0 Å². The van der Waals surface area contributed by atoms with E-state index >= 15 is 0 Å². The fourth-order valence-corrected chi connectivity index (χ4v) is 3.23. The molecular weight excluding hydrogens is 272 g/mol. The van der Waals surface area contributed by atoms with Crippen molar-refractivity contribution in [1.29, 1.82) is 0 Å². The van der Waals surface area contributed by atoms with Crippen molar-refractivity contribution in [2.24, 2.45) is 0 Å².